The Bertz CT molecular complexity index is 646. The Morgan fingerprint density at radius 1 is 1.27 bits per heavy atom. The van der Waals surface area contributed by atoms with E-state index in [4.69, 9.17) is 4.74 Å². The number of benzene rings is 1. The SMILES string of the molecule is CC(C)=CCc1cc2c(c3c1CCC(C)(C)O3)C1CCC2C1. The van der Waals surface area contributed by atoms with Gasteiger partial charge in [-0.1, -0.05) is 17.7 Å². The van der Waals surface area contributed by atoms with E-state index in [0.717, 1.165) is 24.7 Å². The summed E-state index contributed by atoms with van der Waals surface area (Å²) in [6, 6.07) is 2.54. The molecule has 3 aliphatic rings. The third-order valence-electron chi connectivity index (χ3n) is 5.91. The molecule has 0 N–H and O–H groups in total. The van der Waals surface area contributed by atoms with Gasteiger partial charge in [-0.15, -0.1) is 0 Å². The molecule has 22 heavy (non-hydrogen) atoms. The summed E-state index contributed by atoms with van der Waals surface area (Å²) in [5.41, 5.74) is 7.68. The van der Waals surface area contributed by atoms with Crippen LogP contribution in [-0.2, 0) is 12.8 Å². The Morgan fingerprint density at radius 3 is 2.82 bits per heavy atom. The minimum Gasteiger partial charge on any atom is -0.487 e. The molecular weight excluding hydrogens is 268 g/mol. The van der Waals surface area contributed by atoms with Crippen LogP contribution in [0.2, 0.25) is 0 Å². The molecular formula is C21H28O. The van der Waals surface area contributed by atoms with Gasteiger partial charge in [-0.25, -0.2) is 0 Å². The highest BCUT2D eigenvalue weighted by atomic mass is 16.5. The Kier molecular flexibility index (Phi) is 3.18. The van der Waals surface area contributed by atoms with Crippen molar-refractivity contribution in [2.24, 2.45) is 0 Å². The Balaban J connectivity index is 1.85. The maximum absolute atomic E-state index is 6.54. The van der Waals surface area contributed by atoms with E-state index in [2.05, 4.69) is 39.8 Å². The first-order chi connectivity index (χ1) is 10.4. The van der Waals surface area contributed by atoms with E-state index in [9.17, 15) is 0 Å². The third kappa shape index (κ3) is 2.21. The summed E-state index contributed by atoms with van der Waals surface area (Å²) in [5, 5.41) is 0. The molecule has 2 unspecified atom stereocenters. The van der Waals surface area contributed by atoms with Crippen molar-refractivity contribution in [3.05, 3.63) is 40.0 Å². The van der Waals surface area contributed by atoms with Gasteiger partial charge in [0.2, 0.25) is 0 Å². The number of rotatable bonds is 2. The smallest absolute Gasteiger partial charge is 0.127 e. The van der Waals surface area contributed by atoms with Gasteiger partial charge in [-0.3, -0.25) is 0 Å². The van der Waals surface area contributed by atoms with Crippen LogP contribution in [-0.4, -0.2) is 5.60 Å². The van der Waals surface area contributed by atoms with Crippen molar-refractivity contribution in [3.63, 3.8) is 0 Å². The molecule has 1 heterocycles. The van der Waals surface area contributed by atoms with Crippen molar-refractivity contribution in [3.8, 4) is 5.75 Å². The van der Waals surface area contributed by atoms with Crippen LogP contribution in [0.1, 0.15) is 87.5 Å². The molecule has 0 aromatic heterocycles. The molecule has 118 valence electrons. The van der Waals surface area contributed by atoms with E-state index in [1.807, 2.05) is 0 Å². The van der Waals surface area contributed by atoms with Crippen LogP contribution in [0.15, 0.2) is 17.7 Å². The molecule has 1 nitrogen and oxygen atoms in total. The molecule has 0 spiro atoms. The van der Waals surface area contributed by atoms with Crippen molar-refractivity contribution in [1.82, 2.24) is 0 Å². The quantitative estimate of drug-likeness (QED) is 0.639. The zero-order chi connectivity index (χ0) is 15.5. The van der Waals surface area contributed by atoms with Crippen LogP contribution < -0.4 is 4.74 Å². The standard InChI is InChI=1S/C21H28O/c1-13(2)5-6-15-12-18-14-7-8-16(11-14)19(18)20-17(15)9-10-21(3,4)22-20/h5,12,14,16H,6-11H2,1-4H3. The average Bonchev–Trinajstić information content (AvgIpc) is 3.04. The van der Waals surface area contributed by atoms with Gasteiger partial charge in [0.25, 0.3) is 0 Å². The van der Waals surface area contributed by atoms with Crippen LogP contribution >= 0.6 is 0 Å². The molecule has 1 saturated carbocycles. The van der Waals surface area contributed by atoms with Crippen LogP contribution in [0.25, 0.3) is 0 Å². The van der Waals surface area contributed by atoms with Gasteiger partial charge in [0.1, 0.15) is 11.4 Å². The number of ether oxygens (including phenoxy) is 1. The van der Waals surface area contributed by atoms with Crippen molar-refractivity contribution < 1.29 is 4.74 Å². The first-order valence-corrected chi connectivity index (χ1v) is 8.95. The normalized spacial score (nSPS) is 27.1. The highest BCUT2D eigenvalue weighted by Crippen LogP contribution is 2.58. The van der Waals surface area contributed by atoms with E-state index in [1.165, 1.54) is 48.1 Å². The average molecular weight is 296 g/mol. The predicted molar refractivity (Wildman–Crippen MR) is 91.9 cm³/mol. The molecule has 1 aromatic carbocycles. The zero-order valence-electron chi connectivity index (χ0n) is 14.5. The van der Waals surface area contributed by atoms with Gasteiger partial charge in [0.05, 0.1) is 0 Å². The van der Waals surface area contributed by atoms with Gasteiger partial charge in [0.15, 0.2) is 0 Å². The van der Waals surface area contributed by atoms with Gasteiger partial charge in [-0.05, 0) is 94.7 Å². The molecule has 2 bridgehead atoms. The molecule has 2 atom stereocenters. The van der Waals surface area contributed by atoms with E-state index >= 15 is 0 Å². The maximum atomic E-state index is 6.54. The Morgan fingerprint density at radius 2 is 2.05 bits per heavy atom. The van der Waals surface area contributed by atoms with Gasteiger partial charge < -0.3 is 4.74 Å². The summed E-state index contributed by atoms with van der Waals surface area (Å²) < 4.78 is 6.54. The first-order valence-electron chi connectivity index (χ1n) is 8.95. The van der Waals surface area contributed by atoms with Crippen LogP contribution in [0, 0.1) is 0 Å². The zero-order valence-corrected chi connectivity index (χ0v) is 14.5. The van der Waals surface area contributed by atoms with Crippen molar-refractivity contribution in [2.45, 2.75) is 83.7 Å². The molecule has 4 rings (SSSR count). The van der Waals surface area contributed by atoms with Crippen molar-refractivity contribution in [1.29, 1.82) is 0 Å². The predicted octanol–water partition coefficient (Wildman–Crippen LogP) is 5.66. The first kappa shape index (κ1) is 14.4. The monoisotopic (exact) mass is 296 g/mol. The largest absolute Gasteiger partial charge is 0.487 e. The fraction of sp³-hybridized carbons (Fsp3) is 0.619. The maximum Gasteiger partial charge on any atom is 0.127 e. The molecule has 0 radical (unpaired) electrons. The van der Waals surface area contributed by atoms with Gasteiger partial charge in [-0.2, -0.15) is 0 Å². The number of fused-ring (bicyclic) bond motifs is 7. The fourth-order valence-corrected chi connectivity index (χ4v) is 4.72. The number of allylic oxidation sites excluding steroid dienone is 2. The van der Waals surface area contributed by atoms with Crippen molar-refractivity contribution >= 4 is 0 Å². The summed E-state index contributed by atoms with van der Waals surface area (Å²) in [4.78, 5) is 0. The minimum atomic E-state index is -0.00224. The van der Waals surface area contributed by atoms with Gasteiger partial charge in [0, 0.05) is 5.56 Å². The third-order valence-corrected chi connectivity index (χ3v) is 5.91. The highest BCUT2D eigenvalue weighted by Gasteiger charge is 2.42. The number of hydrogen-bond donors (Lipinski definition) is 0. The lowest BCUT2D eigenvalue weighted by atomic mass is 9.82. The van der Waals surface area contributed by atoms with E-state index in [-0.39, 0.29) is 5.60 Å². The Hall–Kier alpha value is -1.24. The van der Waals surface area contributed by atoms with Crippen LogP contribution in [0.4, 0.5) is 0 Å². The second-order valence-electron chi connectivity index (χ2n) is 8.40. The molecule has 0 saturated heterocycles. The lowest BCUT2D eigenvalue weighted by molar-refractivity contribution is 0.0825. The molecule has 0 amide bonds. The van der Waals surface area contributed by atoms with E-state index < -0.39 is 0 Å². The fourth-order valence-electron chi connectivity index (χ4n) is 4.72. The molecule has 1 aliphatic heterocycles. The minimum absolute atomic E-state index is 0.00224. The second kappa shape index (κ2) is 4.88. The molecule has 1 aromatic rings. The van der Waals surface area contributed by atoms with Gasteiger partial charge >= 0.3 is 0 Å². The summed E-state index contributed by atoms with van der Waals surface area (Å²) >= 11 is 0. The Labute approximate surface area is 134 Å². The summed E-state index contributed by atoms with van der Waals surface area (Å²) in [6.45, 7) is 8.89. The van der Waals surface area contributed by atoms with Crippen molar-refractivity contribution in [2.75, 3.05) is 0 Å². The molecule has 2 aliphatic carbocycles. The highest BCUT2D eigenvalue weighted by molar-refractivity contribution is 5.58. The summed E-state index contributed by atoms with van der Waals surface area (Å²) in [5.74, 6) is 2.88. The van der Waals surface area contributed by atoms with Crippen LogP contribution in [0.5, 0.6) is 5.75 Å². The second-order valence-corrected chi connectivity index (χ2v) is 8.40. The summed E-state index contributed by atoms with van der Waals surface area (Å²) in [6.07, 6.45) is 9.89. The van der Waals surface area contributed by atoms with E-state index in [0.29, 0.717) is 0 Å². The molecule has 1 heteroatoms. The summed E-state index contributed by atoms with van der Waals surface area (Å²) in [7, 11) is 0. The lowest BCUT2D eigenvalue weighted by Gasteiger charge is -2.36. The number of hydrogen-bond acceptors (Lipinski definition) is 1. The molecule has 1 fully saturated rings. The topological polar surface area (TPSA) is 9.23 Å². The van der Waals surface area contributed by atoms with Crippen LogP contribution in [0.3, 0.4) is 0 Å². The van der Waals surface area contributed by atoms with E-state index in [1.54, 1.807) is 11.1 Å². The lowest BCUT2D eigenvalue weighted by Crippen LogP contribution is -2.34.